The van der Waals surface area contributed by atoms with Crippen molar-refractivity contribution >= 4 is 5.90 Å². The average Bonchev–Trinajstić information content (AvgIpc) is 3.12. The number of aromatic nitrogens is 1. The van der Waals surface area contributed by atoms with E-state index in [0.717, 1.165) is 22.4 Å². The van der Waals surface area contributed by atoms with E-state index in [4.69, 9.17) is 14.5 Å². The third-order valence-corrected chi connectivity index (χ3v) is 5.19. The van der Waals surface area contributed by atoms with Crippen LogP contribution in [0.15, 0.2) is 59.7 Å². The van der Waals surface area contributed by atoms with E-state index >= 15 is 0 Å². The molecule has 0 fully saturated rings. The lowest BCUT2D eigenvalue weighted by Crippen LogP contribution is -2.27. The Kier molecular flexibility index (Phi) is 4.78. The molecule has 1 aromatic heterocycles. The first-order valence-electron chi connectivity index (χ1n) is 9.19. The lowest BCUT2D eigenvalue weighted by atomic mass is 9.82. The van der Waals surface area contributed by atoms with Crippen molar-refractivity contribution in [2.24, 2.45) is 4.99 Å². The summed E-state index contributed by atoms with van der Waals surface area (Å²) in [6.07, 6.45) is 1.32. The van der Waals surface area contributed by atoms with Gasteiger partial charge in [0.1, 0.15) is 23.7 Å². The van der Waals surface area contributed by atoms with E-state index in [1.807, 2.05) is 25.1 Å². The molecule has 0 saturated heterocycles. The minimum absolute atomic E-state index is 0.303. The Labute approximate surface area is 167 Å². The third kappa shape index (κ3) is 3.35. The maximum atomic E-state index is 14.6. The quantitative estimate of drug-likeness (QED) is 0.583. The smallest absolute Gasteiger partial charge is 0.212 e. The van der Waals surface area contributed by atoms with Crippen molar-refractivity contribution in [3.8, 4) is 16.9 Å². The van der Waals surface area contributed by atoms with Crippen LogP contribution in [0.5, 0.6) is 5.75 Å². The molecule has 0 amide bonds. The van der Waals surface area contributed by atoms with Gasteiger partial charge in [-0.25, -0.2) is 14.4 Å². The van der Waals surface area contributed by atoms with E-state index in [0.29, 0.717) is 23.6 Å². The Hall–Kier alpha value is -3.28. The summed E-state index contributed by atoms with van der Waals surface area (Å²) >= 11 is 0. The van der Waals surface area contributed by atoms with Crippen LogP contribution < -0.4 is 4.74 Å². The first kappa shape index (κ1) is 19.1. The molecule has 1 unspecified atom stereocenters. The Morgan fingerprint density at radius 2 is 1.76 bits per heavy atom. The maximum absolute atomic E-state index is 14.6. The highest BCUT2D eigenvalue weighted by atomic mass is 19.1. The molecular weight excluding hydrogens is 374 g/mol. The molecule has 4 nitrogen and oxygen atoms in total. The van der Waals surface area contributed by atoms with E-state index < -0.39 is 17.3 Å². The molecule has 0 N–H and O–H groups in total. The van der Waals surface area contributed by atoms with E-state index in [-0.39, 0.29) is 0 Å². The van der Waals surface area contributed by atoms with Gasteiger partial charge in [0.25, 0.3) is 0 Å². The molecule has 1 aliphatic rings. The number of hydrogen-bond donors (Lipinski definition) is 0. The molecule has 0 radical (unpaired) electrons. The van der Waals surface area contributed by atoms with Gasteiger partial charge in [-0.05, 0) is 60.0 Å². The number of nitrogens with zero attached hydrogens (tertiary/aromatic N) is 2. The van der Waals surface area contributed by atoms with E-state index in [9.17, 15) is 8.78 Å². The number of pyridine rings is 1. The second kappa shape index (κ2) is 7.28. The van der Waals surface area contributed by atoms with Crippen LogP contribution in [-0.2, 0) is 10.3 Å². The fraction of sp³-hybridized carbons (Fsp3) is 0.217. The predicted octanol–water partition coefficient (Wildman–Crippen LogP) is 5.04. The summed E-state index contributed by atoms with van der Waals surface area (Å²) in [6, 6.07) is 13.4. The zero-order valence-corrected chi connectivity index (χ0v) is 16.4. The lowest BCUT2D eigenvalue weighted by molar-refractivity contribution is 0.280. The Morgan fingerprint density at radius 1 is 1.00 bits per heavy atom. The highest BCUT2D eigenvalue weighted by Gasteiger charge is 2.40. The van der Waals surface area contributed by atoms with Crippen molar-refractivity contribution in [2.75, 3.05) is 13.7 Å². The number of aliphatic imine (C=N–C) groups is 1. The van der Waals surface area contributed by atoms with Gasteiger partial charge in [0.15, 0.2) is 5.90 Å². The zero-order valence-electron chi connectivity index (χ0n) is 16.4. The van der Waals surface area contributed by atoms with E-state index in [1.165, 1.54) is 24.4 Å². The van der Waals surface area contributed by atoms with Gasteiger partial charge in [0.05, 0.1) is 7.11 Å². The van der Waals surface area contributed by atoms with Gasteiger partial charge in [0, 0.05) is 24.2 Å². The standard InChI is InChI=1S/C23H20F2N2O2/c1-14-10-17(6-8-21(14)28-3)23(13-29-15(2)27-23)18-5-7-20(24)19(11-18)16-4-9-22(25)26-12-16/h4-12H,13H2,1-3H3. The van der Waals surface area contributed by atoms with Crippen LogP contribution in [0.2, 0.25) is 0 Å². The van der Waals surface area contributed by atoms with Crippen LogP contribution in [0.3, 0.4) is 0 Å². The maximum Gasteiger partial charge on any atom is 0.212 e. The third-order valence-electron chi connectivity index (χ3n) is 5.19. The normalized spacial score (nSPS) is 18.3. The van der Waals surface area contributed by atoms with Crippen molar-refractivity contribution in [1.82, 2.24) is 4.98 Å². The highest BCUT2D eigenvalue weighted by Crippen LogP contribution is 2.41. The average molecular weight is 394 g/mol. The number of hydrogen-bond acceptors (Lipinski definition) is 4. The van der Waals surface area contributed by atoms with Crippen molar-refractivity contribution in [3.05, 3.63) is 83.2 Å². The molecule has 0 saturated carbocycles. The number of methoxy groups -OCH3 is 1. The molecule has 0 aliphatic carbocycles. The van der Waals surface area contributed by atoms with Crippen molar-refractivity contribution in [3.63, 3.8) is 0 Å². The van der Waals surface area contributed by atoms with Crippen LogP contribution in [0.25, 0.3) is 11.1 Å². The lowest BCUT2D eigenvalue weighted by Gasteiger charge is -2.27. The van der Waals surface area contributed by atoms with E-state index in [2.05, 4.69) is 4.98 Å². The van der Waals surface area contributed by atoms with Crippen molar-refractivity contribution in [1.29, 1.82) is 0 Å². The fourth-order valence-corrected chi connectivity index (χ4v) is 3.68. The topological polar surface area (TPSA) is 43.7 Å². The SMILES string of the molecule is COc1ccc(C2(c3ccc(F)c(-c4ccc(F)nc4)c3)COC(C)=N2)cc1C. The Morgan fingerprint density at radius 3 is 2.38 bits per heavy atom. The van der Waals surface area contributed by atoms with Gasteiger partial charge in [-0.2, -0.15) is 4.39 Å². The second-order valence-corrected chi connectivity index (χ2v) is 7.03. The van der Waals surface area contributed by atoms with Gasteiger partial charge in [-0.1, -0.05) is 12.1 Å². The molecular formula is C23H20F2N2O2. The molecule has 3 aromatic rings. The van der Waals surface area contributed by atoms with E-state index in [1.54, 1.807) is 26.2 Å². The fourth-order valence-electron chi connectivity index (χ4n) is 3.68. The second-order valence-electron chi connectivity index (χ2n) is 7.03. The summed E-state index contributed by atoms with van der Waals surface area (Å²) in [5, 5.41) is 0. The molecule has 2 heterocycles. The Bertz CT molecular complexity index is 1100. The largest absolute Gasteiger partial charge is 0.496 e. The van der Waals surface area contributed by atoms with Gasteiger partial charge in [0.2, 0.25) is 5.95 Å². The Balaban J connectivity index is 1.88. The molecule has 29 heavy (non-hydrogen) atoms. The zero-order chi connectivity index (χ0) is 20.6. The first-order chi connectivity index (χ1) is 13.9. The molecule has 1 atom stereocenters. The summed E-state index contributed by atoms with van der Waals surface area (Å²) in [5.41, 5.74) is 2.68. The minimum atomic E-state index is -0.809. The van der Waals surface area contributed by atoms with Crippen molar-refractivity contribution < 1.29 is 18.3 Å². The van der Waals surface area contributed by atoms with Crippen molar-refractivity contribution in [2.45, 2.75) is 19.4 Å². The number of rotatable bonds is 4. The van der Waals surface area contributed by atoms with Gasteiger partial charge in [-0.3, -0.25) is 0 Å². The first-order valence-corrected chi connectivity index (χ1v) is 9.19. The molecule has 148 valence electrons. The number of halogens is 2. The van der Waals surface area contributed by atoms with Crippen LogP contribution >= 0.6 is 0 Å². The van der Waals surface area contributed by atoms with Crippen LogP contribution in [0.4, 0.5) is 8.78 Å². The number of ether oxygens (including phenoxy) is 2. The number of benzene rings is 2. The molecule has 6 heteroatoms. The summed E-state index contributed by atoms with van der Waals surface area (Å²) in [5.74, 6) is 0.316. The summed E-state index contributed by atoms with van der Waals surface area (Å²) in [4.78, 5) is 8.43. The predicted molar refractivity (Wildman–Crippen MR) is 107 cm³/mol. The van der Waals surface area contributed by atoms with Crippen LogP contribution in [-0.4, -0.2) is 24.6 Å². The molecule has 4 rings (SSSR count). The van der Waals surface area contributed by atoms with Gasteiger partial charge < -0.3 is 9.47 Å². The van der Waals surface area contributed by atoms with Gasteiger partial charge >= 0.3 is 0 Å². The molecule has 2 aromatic carbocycles. The number of aryl methyl sites for hydroxylation is 1. The molecule has 1 aliphatic heterocycles. The van der Waals surface area contributed by atoms with Crippen LogP contribution in [0.1, 0.15) is 23.6 Å². The van der Waals surface area contributed by atoms with Gasteiger partial charge in [-0.15, -0.1) is 0 Å². The highest BCUT2D eigenvalue weighted by molar-refractivity contribution is 5.77. The van der Waals surface area contributed by atoms with Crippen LogP contribution in [0, 0.1) is 18.7 Å². The summed E-state index contributed by atoms with van der Waals surface area (Å²) in [6.45, 7) is 4.06. The molecule has 0 spiro atoms. The summed E-state index contributed by atoms with van der Waals surface area (Å²) in [7, 11) is 1.63. The monoisotopic (exact) mass is 394 g/mol. The minimum Gasteiger partial charge on any atom is -0.496 e. The summed E-state index contributed by atoms with van der Waals surface area (Å²) < 4.78 is 38.9. The molecule has 0 bridgehead atoms.